The minimum Gasteiger partial charge on any atom is -0.384 e. The fraction of sp³-hybridized carbons (Fsp3) is 0.235. The third-order valence-electron chi connectivity index (χ3n) is 3.37. The Labute approximate surface area is 114 Å². The Balaban J connectivity index is 1.99. The summed E-state index contributed by atoms with van der Waals surface area (Å²) in [6.45, 7) is 2.18. The van der Waals surface area contributed by atoms with Crippen molar-refractivity contribution in [2.45, 2.75) is 26.2 Å². The summed E-state index contributed by atoms with van der Waals surface area (Å²) in [6, 6.07) is 16.7. The van der Waals surface area contributed by atoms with Gasteiger partial charge in [0.2, 0.25) is 0 Å². The molecule has 0 aliphatic carbocycles. The highest BCUT2D eigenvalue weighted by Gasteiger charge is 1.99. The van der Waals surface area contributed by atoms with Gasteiger partial charge in [-0.3, -0.25) is 5.41 Å². The molecule has 0 radical (unpaired) electrons. The molecule has 0 atom stereocenters. The summed E-state index contributed by atoms with van der Waals surface area (Å²) in [7, 11) is 0. The normalized spacial score (nSPS) is 10.4. The molecule has 0 unspecified atom stereocenters. The number of benzene rings is 2. The van der Waals surface area contributed by atoms with Gasteiger partial charge in [-0.2, -0.15) is 0 Å². The summed E-state index contributed by atoms with van der Waals surface area (Å²) >= 11 is 0. The van der Waals surface area contributed by atoms with E-state index < -0.39 is 0 Å². The first-order valence-corrected chi connectivity index (χ1v) is 6.70. The van der Waals surface area contributed by atoms with Gasteiger partial charge in [0.05, 0.1) is 0 Å². The summed E-state index contributed by atoms with van der Waals surface area (Å²) in [4.78, 5) is 0. The highest BCUT2D eigenvalue weighted by Crippen LogP contribution is 2.11. The van der Waals surface area contributed by atoms with Crippen LogP contribution in [0.4, 0.5) is 0 Å². The number of amidine groups is 1. The van der Waals surface area contributed by atoms with Gasteiger partial charge in [-0.1, -0.05) is 55.5 Å². The topological polar surface area (TPSA) is 49.9 Å². The third-order valence-corrected chi connectivity index (χ3v) is 3.37. The summed E-state index contributed by atoms with van der Waals surface area (Å²) in [5, 5.41) is 7.36. The Hall–Kier alpha value is -2.09. The molecule has 2 rings (SSSR count). The van der Waals surface area contributed by atoms with E-state index in [1.807, 2.05) is 12.1 Å². The molecular formula is C17H20N2. The number of nitrogens with one attached hydrogen (secondary N) is 1. The average Bonchev–Trinajstić information content (AvgIpc) is 2.46. The first-order valence-electron chi connectivity index (χ1n) is 6.70. The molecular weight excluding hydrogens is 232 g/mol. The molecule has 0 aliphatic rings. The molecule has 0 aromatic heterocycles. The van der Waals surface area contributed by atoms with E-state index in [0.717, 1.165) is 24.8 Å². The maximum Gasteiger partial charge on any atom is 0.122 e. The van der Waals surface area contributed by atoms with Crippen LogP contribution in [0.25, 0.3) is 0 Å². The number of rotatable bonds is 5. The molecule has 2 aromatic carbocycles. The van der Waals surface area contributed by atoms with E-state index in [1.165, 1.54) is 16.7 Å². The smallest absolute Gasteiger partial charge is 0.122 e. The van der Waals surface area contributed by atoms with Gasteiger partial charge in [0.1, 0.15) is 5.84 Å². The van der Waals surface area contributed by atoms with Gasteiger partial charge in [0.25, 0.3) is 0 Å². The van der Waals surface area contributed by atoms with Crippen LogP contribution in [0.3, 0.4) is 0 Å². The second kappa shape index (κ2) is 6.19. The van der Waals surface area contributed by atoms with Crippen molar-refractivity contribution >= 4 is 5.84 Å². The van der Waals surface area contributed by atoms with Crippen molar-refractivity contribution in [1.82, 2.24) is 0 Å². The first-order chi connectivity index (χ1) is 9.19. The van der Waals surface area contributed by atoms with Crippen LogP contribution in [0.1, 0.15) is 29.2 Å². The van der Waals surface area contributed by atoms with E-state index in [9.17, 15) is 0 Å². The quantitative estimate of drug-likeness (QED) is 0.622. The van der Waals surface area contributed by atoms with Crippen LogP contribution in [-0.2, 0) is 19.3 Å². The second-order valence-corrected chi connectivity index (χ2v) is 4.78. The monoisotopic (exact) mass is 252 g/mol. The fourth-order valence-electron chi connectivity index (χ4n) is 2.14. The highest BCUT2D eigenvalue weighted by atomic mass is 14.7. The van der Waals surface area contributed by atoms with Crippen LogP contribution in [-0.4, -0.2) is 5.84 Å². The lowest BCUT2D eigenvalue weighted by Crippen LogP contribution is -2.10. The standard InChI is InChI=1S/C17H20N2/c1-2-13-4-3-5-15(12-13)7-6-14-8-10-16(11-9-14)17(18)19/h3-5,8-12H,2,6-7H2,1H3,(H3,18,19). The summed E-state index contributed by atoms with van der Waals surface area (Å²) < 4.78 is 0. The summed E-state index contributed by atoms with van der Waals surface area (Å²) in [6.07, 6.45) is 3.15. The third kappa shape index (κ3) is 3.68. The van der Waals surface area contributed by atoms with E-state index in [4.69, 9.17) is 11.1 Å². The van der Waals surface area contributed by atoms with Crippen molar-refractivity contribution in [3.05, 3.63) is 70.8 Å². The van der Waals surface area contributed by atoms with E-state index in [2.05, 4.69) is 43.3 Å². The zero-order chi connectivity index (χ0) is 13.7. The molecule has 0 amide bonds. The Morgan fingerprint density at radius 3 is 2.21 bits per heavy atom. The zero-order valence-corrected chi connectivity index (χ0v) is 11.3. The van der Waals surface area contributed by atoms with Crippen LogP contribution >= 0.6 is 0 Å². The van der Waals surface area contributed by atoms with E-state index in [-0.39, 0.29) is 5.84 Å². The van der Waals surface area contributed by atoms with Crippen molar-refractivity contribution in [3.63, 3.8) is 0 Å². The first kappa shape index (κ1) is 13.3. The molecule has 0 spiro atoms. The SMILES string of the molecule is CCc1cccc(CCc2ccc(C(=N)N)cc2)c1. The van der Waals surface area contributed by atoms with Crippen molar-refractivity contribution in [3.8, 4) is 0 Å². The lowest BCUT2D eigenvalue weighted by Gasteiger charge is -2.05. The molecule has 0 heterocycles. The van der Waals surface area contributed by atoms with Crippen molar-refractivity contribution in [2.75, 3.05) is 0 Å². The Morgan fingerprint density at radius 1 is 0.947 bits per heavy atom. The van der Waals surface area contributed by atoms with Gasteiger partial charge >= 0.3 is 0 Å². The molecule has 0 aliphatic heterocycles. The molecule has 0 saturated carbocycles. The largest absolute Gasteiger partial charge is 0.384 e. The van der Waals surface area contributed by atoms with Crippen LogP contribution in [0, 0.1) is 5.41 Å². The molecule has 0 saturated heterocycles. The predicted octanol–water partition coefficient (Wildman–Crippen LogP) is 3.32. The van der Waals surface area contributed by atoms with Crippen molar-refractivity contribution < 1.29 is 0 Å². The lowest BCUT2D eigenvalue weighted by atomic mass is 10.0. The van der Waals surface area contributed by atoms with E-state index >= 15 is 0 Å². The van der Waals surface area contributed by atoms with Crippen LogP contribution in [0.2, 0.25) is 0 Å². The van der Waals surface area contributed by atoms with Crippen LogP contribution in [0.15, 0.2) is 48.5 Å². The second-order valence-electron chi connectivity index (χ2n) is 4.78. The van der Waals surface area contributed by atoms with Crippen LogP contribution < -0.4 is 5.73 Å². The van der Waals surface area contributed by atoms with Crippen molar-refractivity contribution in [2.24, 2.45) is 5.73 Å². The van der Waals surface area contributed by atoms with Gasteiger partial charge in [-0.15, -0.1) is 0 Å². The predicted molar refractivity (Wildman–Crippen MR) is 80.7 cm³/mol. The molecule has 2 aromatic rings. The number of nitrogens with two attached hydrogens (primary N) is 1. The number of aryl methyl sites for hydroxylation is 3. The molecule has 3 N–H and O–H groups in total. The lowest BCUT2D eigenvalue weighted by molar-refractivity contribution is 0.953. The number of hydrogen-bond acceptors (Lipinski definition) is 1. The Bertz CT molecular complexity index is 556. The van der Waals surface area contributed by atoms with Gasteiger partial charge in [-0.25, -0.2) is 0 Å². The average molecular weight is 252 g/mol. The molecule has 2 nitrogen and oxygen atoms in total. The minimum absolute atomic E-state index is 0.127. The molecule has 0 fully saturated rings. The van der Waals surface area contributed by atoms with Crippen LogP contribution in [0.5, 0.6) is 0 Å². The Kier molecular flexibility index (Phi) is 4.35. The Morgan fingerprint density at radius 2 is 1.58 bits per heavy atom. The van der Waals surface area contributed by atoms with Gasteiger partial charge in [-0.05, 0) is 36.0 Å². The van der Waals surface area contributed by atoms with E-state index in [0.29, 0.717) is 0 Å². The number of hydrogen-bond donors (Lipinski definition) is 2. The molecule has 0 bridgehead atoms. The highest BCUT2D eigenvalue weighted by molar-refractivity contribution is 5.94. The maximum absolute atomic E-state index is 7.36. The maximum atomic E-state index is 7.36. The summed E-state index contributed by atoms with van der Waals surface area (Å²) in [5.74, 6) is 0.127. The fourth-order valence-corrected chi connectivity index (χ4v) is 2.14. The minimum atomic E-state index is 0.127. The van der Waals surface area contributed by atoms with Gasteiger partial charge < -0.3 is 5.73 Å². The van der Waals surface area contributed by atoms with Gasteiger partial charge in [0.15, 0.2) is 0 Å². The number of nitrogen functional groups attached to an aromatic ring is 1. The molecule has 19 heavy (non-hydrogen) atoms. The zero-order valence-electron chi connectivity index (χ0n) is 11.3. The molecule has 2 heteroatoms. The van der Waals surface area contributed by atoms with Gasteiger partial charge in [0, 0.05) is 5.56 Å². The van der Waals surface area contributed by atoms with E-state index in [1.54, 1.807) is 0 Å². The summed E-state index contributed by atoms with van der Waals surface area (Å²) in [5.41, 5.74) is 10.3. The van der Waals surface area contributed by atoms with Crippen molar-refractivity contribution in [1.29, 1.82) is 5.41 Å². The molecule has 98 valence electrons.